The van der Waals surface area contributed by atoms with E-state index in [1.54, 1.807) is 36.5 Å². The molecule has 0 heterocycles. The van der Waals surface area contributed by atoms with Gasteiger partial charge in [0.2, 0.25) is 5.91 Å². The molecule has 4 heteroatoms. The van der Waals surface area contributed by atoms with Crippen molar-refractivity contribution in [1.29, 1.82) is 0 Å². The molecule has 0 spiro atoms. The minimum Gasteiger partial charge on any atom is -0.388 e. The highest BCUT2D eigenvalue weighted by Crippen LogP contribution is 1.91. The molecule has 0 aromatic rings. The number of aliphatic hydroxyl groups excluding tert-OH is 1. The molecule has 0 aromatic carbocycles. The molecule has 0 rings (SSSR count). The zero-order valence-corrected chi connectivity index (χ0v) is 10.5. The van der Waals surface area contributed by atoms with Crippen molar-refractivity contribution in [1.82, 2.24) is 5.48 Å². The molecule has 0 aliphatic carbocycles. The number of allylic oxidation sites excluding steroid dienone is 4. The topological polar surface area (TPSA) is 69.6 Å². The minimum absolute atomic E-state index is 0.129. The van der Waals surface area contributed by atoms with Gasteiger partial charge in [0, 0.05) is 19.3 Å². The number of nitrogens with one attached hydrogen (secondary N) is 1. The van der Waals surface area contributed by atoms with Gasteiger partial charge in [-0.15, -0.1) is 12.3 Å². The third-order valence-electron chi connectivity index (χ3n) is 1.87. The third kappa shape index (κ3) is 12.0. The van der Waals surface area contributed by atoms with E-state index in [1.165, 1.54) is 5.48 Å². The van der Waals surface area contributed by atoms with Gasteiger partial charge in [0.05, 0.1) is 6.10 Å². The van der Waals surface area contributed by atoms with E-state index in [0.29, 0.717) is 12.8 Å². The predicted molar refractivity (Wildman–Crippen MR) is 73.8 cm³/mol. The van der Waals surface area contributed by atoms with Crippen molar-refractivity contribution in [2.45, 2.75) is 25.4 Å². The highest BCUT2D eigenvalue weighted by atomic mass is 16.5. The summed E-state index contributed by atoms with van der Waals surface area (Å²) in [5.41, 5.74) is 1.53. The minimum atomic E-state index is -0.622. The Kier molecular flexibility index (Phi) is 10.7. The van der Waals surface area contributed by atoms with Crippen LogP contribution in [0.2, 0.25) is 0 Å². The van der Waals surface area contributed by atoms with E-state index in [2.05, 4.69) is 17.8 Å². The van der Waals surface area contributed by atoms with Crippen LogP contribution in [-0.2, 0) is 4.79 Å². The van der Waals surface area contributed by atoms with Gasteiger partial charge in [-0.2, -0.15) is 0 Å². The molecule has 0 bridgehead atoms. The number of carbonyl (C=O) groups is 1. The average Bonchev–Trinajstić information content (AvgIpc) is 2.40. The lowest BCUT2D eigenvalue weighted by molar-refractivity contribution is -0.128. The van der Waals surface area contributed by atoms with Crippen LogP contribution in [0, 0.1) is 24.2 Å². The molecule has 0 saturated carbocycles. The third-order valence-corrected chi connectivity index (χ3v) is 1.87. The number of aliphatic hydroxyl groups is 1. The van der Waals surface area contributed by atoms with Crippen molar-refractivity contribution in [3.8, 4) is 24.2 Å². The summed E-state index contributed by atoms with van der Waals surface area (Å²) >= 11 is 0. The summed E-state index contributed by atoms with van der Waals surface area (Å²) < 4.78 is 0. The highest BCUT2D eigenvalue weighted by Gasteiger charge is 1.91. The molecular formula is C15H17NO3. The van der Waals surface area contributed by atoms with Crippen molar-refractivity contribution in [2.75, 3.05) is 0 Å². The van der Waals surface area contributed by atoms with Crippen LogP contribution in [0.3, 0.4) is 0 Å². The molecule has 1 amide bonds. The molecule has 100 valence electrons. The summed E-state index contributed by atoms with van der Waals surface area (Å²) in [4.78, 5) is 10.6. The second-order valence-corrected chi connectivity index (χ2v) is 3.46. The smallest absolute Gasteiger partial charge is 0.247 e. The van der Waals surface area contributed by atoms with Gasteiger partial charge in [-0.1, -0.05) is 42.2 Å². The van der Waals surface area contributed by atoms with Gasteiger partial charge in [0.15, 0.2) is 0 Å². The molecule has 1 atom stereocenters. The molecule has 0 saturated heterocycles. The molecule has 0 fully saturated rings. The first-order valence-electron chi connectivity index (χ1n) is 5.72. The van der Waals surface area contributed by atoms with Crippen molar-refractivity contribution in [2.24, 2.45) is 0 Å². The average molecular weight is 259 g/mol. The van der Waals surface area contributed by atoms with Crippen LogP contribution in [0.25, 0.3) is 0 Å². The Labute approximate surface area is 113 Å². The second-order valence-electron chi connectivity index (χ2n) is 3.46. The fraction of sp³-hybridized carbons (Fsp3) is 0.267. The van der Waals surface area contributed by atoms with E-state index >= 15 is 0 Å². The number of rotatable bonds is 6. The van der Waals surface area contributed by atoms with Crippen LogP contribution in [0.15, 0.2) is 36.5 Å². The zero-order chi connectivity index (χ0) is 14.3. The van der Waals surface area contributed by atoms with E-state index in [0.717, 1.165) is 0 Å². The summed E-state index contributed by atoms with van der Waals surface area (Å²) in [5.74, 6) is 7.53. The van der Waals surface area contributed by atoms with Crippen LogP contribution in [0.1, 0.15) is 19.3 Å². The molecule has 19 heavy (non-hydrogen) atoms. The van der Waals surface area contributed by atoms with Crippen molar-refractivity contribution in [3.05, 3.63) is 36.5 Å². The van der Waals surface area contributed by atoms with Crippen molar-refractivity contribution < 1.29 is 15.1 Å². The van der Waals surface area contributed by atoms with Crippen LogP contribution in [-0.4, -0.2) is 22.3 Å². The first-order valence-corrected chi connectivity index (χ1v) is 5.72. The molecule has 3 N–H and O–H groups in total. The van der Waals surface area contributed by atoms with Crippen LogP contribution >= 0.6 is 0 Å². The maximum atomic E-state index is 10.6. The fourth-order valence-electron chi connectivity index (χ4n) is 0.981. The number of hydroxylamine groups is 1. The Balaban J connectivity index is 3.81. The Morgan fingerprint density at radius 3 is 2.84 bits per heavy atom. The van der Waals surface area contributed by atoms with E-state index in [4.69, 9.17) is 11.6 Å². The number of amides is 1. The molecule has 0 aliphatic rings. The van der Waals surface area contributed by atoms with Gasteiger partial charge in [0.1, 0.15) is 0 Å². The van der Waals surface area contributed by atoms with Gasteiger partial charge < -0.3 is 5.11 Å². The fourth-order valence-corrected chi connectivity index (χ4v) is 0.981. The maximum absolute atomic E-state index is 10.6. The summed E-state index contributed by atoms with van der Waals surface area (Å²) in [6.45, 7) is 0. The molecule has 0 aliphatic heterocycles. The lowest BCUT2D eigenvalue weighted by Crippen LogP contribution is -2.16. The first kappa shape index (κ1) is 16.7. The molecule has 4 nitrogen and oxygen atoms in total. The van der Waals surface area contributed by atoms with Gasteiger partial charge in [0.25, 0.3) is 0 Å². The predicted octanol–water partition coefficient (Wildman–Crippen LogP) is 1.33. The SMILES string of the molecule is C#CCC(O)C=CC=CC#CC/C=C/CC(=O)NO. The van der Waals surface area contributed by atoms with Gasteiger partial charge in [-0.05, 0) is 6.08 Å². The highest BCUT2D eigenvalue weighted by molar-refractivity contribution is 5.76. The van der Waals surface area contributed by atoms with Gasteiger partial charge in [-0.3, -0.25) is 10.0 Å². The second kappa shape index (κ2) is 12.2. The van der Waals surface area contributed by atoms with Crippen LogP contribution in [0.4, 0.5) is 0 Å². The number of carbonyl (C=O) groups excluding carboxylic acids is 1. The van der Waals surface area contributed by atoms with E-state index in [9.17, 15) is 9.90 Å². The Morgan fingerprint density at radius 1 is 1.37 bits per heavy atom. The van der Waals surface area contributed by atoms with E-state index < -0.39 is 12.0 Å². The lowest BCUT2D eigenvalue weighted by atomic mass is 10.2. The first-order chi connectivity index (χ1) is 9.20. The Bertz CT molecular complexity index is 444. The van der Waals surface area contributed by atoms with Crippen LogP contribution in [0.5, 0.6) is 0 Å². The molecular weight excluding hydrogens is 242 g/mol. The summed E-state index contributed by atoms with van der Waals surface area (Å²) in [6, 6.07) is 0. The normalized spacial score (nSPS) is 12.3. The summed E-state index contributed by atoms with van der Waals surface area (Å²) in [7, 11) is 0. The molecule has 0 radical (unpaired) electrons. The monoisotopic (exact) mass is 259 g/mol. The van der Waals surface area contributed by atoms with Crippen molar-refractivity contribution >= 4 is 5.91 Å². The van der Waals surface area contributed by atoms with E-state index in [1.807, 2.05) is 0 Å². The quantitative estimate of drug-likeness (QED) is 0.221. The molecule has 0 aromatic heterocycles. The number of terminal acetylenes is 1. The standard InChI is InChI=1S/C15H17NO3/c1-2-11-14(17)12-9-7-5-3-4-6-8-10-13-15(18)16-19/h1,5,7-10,12,14,17,19H,6,11,13H2,(H,16,18)/b7-5?,10-8+,12-9?. The largest absolute Gasteiger partial charge is 0.388 e. The van der Waals surface area contributed by atoms with Crippen molar-refractivity contribution in [3.63, 3.8) is 0 Å². The van der Waals surface area contributed by atoms with E-state index in [-0.39, 0.29) is 6.42 Å². The van der Waals surface area contributed by atoms with Gasteiger partial charge in [-0.25, -0.2) is 5.48 Å². The summed E-state index contributed by atoms with van der Waals surface area (Å²) in [6.07, 6.45) is 15.3. The zero-order valence-electron chi connectivity index (χ0n) is 10.5. The molecule has 1 unspecified atom stereocenters. The number of hydrogen-bond acceptors (Lipinski definition) is 3. The lowest BCUT2D eigenvalue weighted by Gasteiger charge is -1.95. The Morgan fingerprint density at radius 2 is 2.16 bits per heavy atom. The maximum Gasteiger partial charge on any atom is 0.247 e. The van der Waals surface area contributed by atoms with Crippen LogP contribution < -0.4 is 5.48 Å². The summed E-state index contributed by atoms with van der Waals surface area (Å²) in [5, 5.41) is 17.5. The number of hydrogen-bond donors (Lipinski definition) is 3. The Hall–Kier alpha value is -2.27. The van der Waals surface area contributed by atoms with Gasteiger partial charge >= 0.3 is 0 Å².